The lowest BCUT2D eigenvalue weighted by Gasteiger charge is -2.38. The van der Waals surface area contributed by atoms with E-state index in [0.29, 0.717) is 24.8 Å². The molecule has 1 N–H and O–H groups in total. The number of carbonyl (C=O) groups excluding carboxylic acids is 1. The molecule has 1 aromatic carbocycles. The smallest absolute Gasteiger partial charge is 0.410 e. The van der Waals surface area contributed by atoms with E-state index in [1.54, 1.807) is 0 Å². The molecule has 24 heavy (non-hydrogen) atoms. The quantitative estimate of drug-likeness (QED) is 0.770. The van der Waals surface area contributed by atoms with Gasteiger partial charge in [-0.1, -0.05) is 28.1 Å². The Balaban J connectivity index is 1.68. The van der Waals surface area contributed by atoms with Gasteiger partial charge in [-0.05, 0) is 69.6 Å². The Hall–Kier alpha value is -1.07. The summed E-state index contributed by atoms with van der Waals surface area (Å²) >= 11 is 3.44. The summed E-state index contributed by atoms with van der Waals surface area (Å²) in [6.07, 6.45) is 2.16. The van der Waals surface area contributed by atoms with Crippen LogP contribution in [0.4, 0.5) is 4.79 Å². The maximum atomic E-state index is 12.3. The molecule has 2 aliphatic rings. The molecule has 3 atom stereocenters. The molecule has 2 fully saturated rings. The van der Waals surface area contributed by atoms with Gasteiger partial charge in [-0.15, -0.1) is 0 Å². The van der Waals surface area contributed by atoms with Crippen LogP contribution >= 0.6 is 15.9 Å². The zero-order valence-corrected chi connectivity index (χ0v) is 16.2. The highest BCUT2D eigenvalue weighted by atomic mass is 79.9. The summed E-state index contributed by atoms with van der Waals surface area (Å²) in [6, 6.07) is 7.93. The van der Waals surface area contributed by atoms with Crippen molar-refractivity contribution in [2.75, 3.05) is 13.1 Å². The van der Waals surface area contributed by atoms with Gasteiger partial charge in [0.1, 0.15) is 5.60 Å². The average molecular weight is 396 g/mol. The molecule has 1 saturated carbocycles. The number of benzene rings is 1. The fraction of sp³-hybridized carbons (Fsp3) is 0.632. The molecule has 1 aromatic rings. The zero-order chi connectivity index (χ0) is 17.5. The van der Waals surface area contributed by atoms with Crippen LogP contribution in [0.2, 0.25) is 0 Å². The van der Waals surface area contributed by atoms with Gasteiger partial charge in [0.05, 0.1) is 5.60 Å². The molecule has 0 radical (unpaired) electrons. The third-order valence-corrected chi connectivity index (χ3v) is 5.67. The number of aliphatic hydroxyl groups is 1. The molecular formula is C19H26BrNO3. The number of hydrogen-bond acceptors (Lipinski definition) is 3. The molecule has 1 saturated heterocycles. The summed E-state index contributed by atoms with van der Waals surface area (Å²) in [5.41, 5.74) is -0.283. The molecule has 1 heterocycles. The first-order valence-electron chi connectivity index (χ1n) is 8.63. The number of likely N-dealkylation sites (tertiary alicyclic amines) is 1. The normalized spacial score (nSPS) is 30.1. The van der Waals surface area contributed by atoms with Crippen molar-refractivity contribution in [3.8, 4) is 0 Å². The number of hydrogen-bond donors (Lipinski definition) is 1. The molecular weight excluding hydrogens is 370 g/mol. The number of rotatable bonds is 1. The Labute approximate surface area is 152 Å². The second-order valence-corrected chi connectivity index (χ2v) is 9.10. The monoisotopic (exact) mass is 395 g/mol. The van der Waals surface area contributed by atoms with Crippen LogP contribution in [0.1, 0.15) is 45.6 Å². The van der Waals surface area contributed by atoms with Crippen LogP contribution in [0, 0.1) is 11.8 Å². The van der Waals surface area contributed by atoms with Gasteiger partial charge < -0.3 is 14.7 Å². The van der Waals surface area contributed by atoms with E-state index in [2.05, 4.69) is 15.9 Å². The van der Waals surface area contributed by atoms with E-state index < -0.39 is 11.2 Å². The standard InChI is InChI=1S/C19H26BrNO3/c1-18(2,3)24-17(22)21-11-13-8-9-19(23,10-14(13)12-21)15-4-6-16(20)7-5-15/h4-7,13-14,23H,8-12H2,1-3H3. The van der Waals surface area contributed by atoms with E-state index in [4.69, 9.17) is 4.74 Å². The largest absolute Gasteiger partial charge is 0.444 e. The van der Waals surface area contributed by atoms with Crippen LogP contribution in [0.25, 0.3) is 0 Å². The van der Waals surface area contributed by atoms with E-state index >= 15 is 0 Å². The Morgan fingerprint density at radius 3 is 2.50 bits per heavy atom. The van der Waals surface area contributed by atoms with Crippen molar-refractivity contribution in [1.82, 2.24) is 4.90 Å². The fourth-order valence-corrected chi connectivity index (χ4v) is 4.22. The number of ether oxygens (including phenoxy) is 1. The van der Waals surface area contributed by atoms with Crippen molar-refractivity contribution in [3.05, 3.63) is 34.3 Å². The predicted octanol–water partition coefficient (Wildman–Crippen LogP) is 4.30. The third-order valence-electron chi connectivity index (χ3n) is 5.14. The second kappa shape index (κ2) is 6.34. The van der Waals surface area contributed by atoms with Gasteiger partial charge >= 0.3 is 6.09 Å². The fourth-order valence-electron chi connectivity index (χ4n) is 3.95. The molecule has 0 spiro atoms. The lowest BCUT2D eigenvalue weighted by atomic mass is 9.70. The molecule has 3 rings (SSSR count). The summed E-state index contributed by atoms with van der Waals surface area (Å²) in [5, 5.41) is 11.1. The van der Waals surface area contributed by atoms with Crippen LogP contribution in [-0.4, -0.2) is 34.8 Å². The SMILES string of the molecule is CC(C)(C)OC(=O)N1CC2CCC(O)(c3ccc(Br)cc3)CC2C1. The van der Waals surface area contributed by atoms with E-state index in [1.807, 2.05) is 49.9 Å². The molecule has 3 unspecified atom stereocenters. The minimum absolute atomic E-state index is 0.232. The lowest BCUT2D eigenvalue weighted by molar-refractivity contribution is -0.0303. The second-order valence-electron chi connectivity index (χ2n) is 8.19. The number of nitrogens with zero attached hydrogens (tertiary/aromatic N) is 1. The van der Waals surface area contributed by atoms with Gasteiger partial charge in [0.15, 0.2) is 0 Å². The molecule has 132 valence electrons. The summed E-state index contributed by atoms with van der Waals surface area (Å²) < 4.78 is 6.51. The number of amides is 1. The van der Waals surface area contributed by atoms with Crippen molar-refractivity contribution in [2.45, 2.75) is 51.2 Å². The molecule has 1 aliphatic carbocycles. The predicted molar refractivity (Wildman–Crippen MR) is 96.7 cm³/mol. The third kappa shape index (κ3) is 3.77. The van der Waals surface area contributed by atoms with Crippen molar-refractivity contribution in [2.24, 2.45) is 11.8 Å². The first-order valence-corrected chi connectivity index (χ1v) is 9.42. The topological polar surface area (TPSA) is 49.8 Å². The lowest BCUT2D eigenvalue weighted by Crippen LogP contribution is -2.37. The first kappa shape index (κ1) is 17.7. The summed E-state index contributed by atoms with van der Waals surface area (Å²) in [4.78, 5) is 14.1. The summed E-state index contributed by atoms with van der Waals surface area (Å²) in [7, 11) is 0. The average Bonchev–Trinajstić information content (AvgIpc) is 2.89. The number of halogens is 1. The minimum Gasteiger partial charge on any atom is -0.444 e. The highest BCUT2D eigenvalue weighted by Crippen LogP contribution is 2.46. The molecule has 0 aromatic heterocycles. The molecule has 1 aliphatic heterocycles. The van der Waals surface area contributed by atoms with Crippen molar-refractivity contribution in [3.63, 3.8) is 0 Å². The van der Waals surface area contributed by atoms with E-state index in [1.165, 1.54) is 0 Å². The van der Waals surface area contributed by atoms with E-state index in [-0.39, 0.29) is 6.09 Å². The Morgan fingerprint density at radius 1 is 1.25 bits per heavy atom. The molecule has 5 heteroatoms. The Kier molecular flexibility index (Phi) is 4.69. The van der Waals surface area contributed by atoms with Gasteiger partial charge in [-0.2, -0.15) is 0 Å². The maximum Gasteiger partial charge on any atom is 0.410 e. The van der Waals surface area contributed by atoms with Crippen molar-refractivity contribution >= 4 is 22.0 Å². The van der Waals surface area contributed by atoms with Crippen molar-refractivity contribution < 1.29 is 14.6 Å². The Bertz CT molecular complexity index is 610. The van der Waals surface area contributed by atoms with Gasteiger partial charge in [-0.3, -0.25) is 0 Å². The molecule has 1 amide bonds. The Morgan fingerprint density at radius 2 is 1.88 bits per heavy atom. The maximum absolute atomic E-state index is 12.3. The molecule has 4 nitrogen and oxygen atoms in total. The highest BCUT2D eigenvalue weighted by Gasteiger charge is 2.46. The highest BCUT2D eigenvalue weighted by molar-refractivity contribution is 9.10. The zero-order valence-electron chi connectivity index (χ0n) is 14.6. The minimum atomic E-state index is -0.786. The number of carbonyl (C=O) groups is 1. The number of fused-ring (bicyclic) bond motifs is 1. The van der Waals surface area contributed by atoms with Crippen LogP contribution in [0.5, 0.6) is 0 Å². The van der Waals surface area contributed by atoms with Gasteiger partial charge in [-0.25, -0.2) is 4.79 Å². The van der Waals surface area contributed by atoms with Gasteiger partial charge in [0.2, 0.25) is 0 Å². The van der Waals surface area contributed by atoms with E-state index in [9.17, 15) is 9.90 Å². The van der Waals surface area contributed by atoms with E-state index in [0.717, 1.165) is 29.4 Å². The van der Waals surface area contributed by atoms with Gasteiger partial charge in [0, 0.05) is 17.6 Å². The summed E-state index contributed by atoms with van der Waals surface area (Å²) in [6.45, 7) is 7.09. The van der Waals surface area contributed by atoms with Crippen LogP contribution in [-0.2, 0) is 10.3 Å². The van der Waals surface area contributed by atoms with Crippen LogP contribution in [0.3, 0.4) is 0 Å². The van der Waals surface area contributed by atoms with Crippen LogP contribution in [0.15, 0.2) is 28.7 Å². The first-order chi connectivity index (χ1) is 11.2. The van der Waals surface area contributed by atoms with Crippen LogP contribution < -0.4 is 0 Å². The summed E-state index contributed by atoms with van der Waals surface area (Å²) in [5.74, 6) is 0.799. The van der Waals surface area contributed by atoms with Crippen molar-refractivity contribution in [1.29, 1.82) is 0 Å². The van der Waals surface area contributed by atoms with Gasteiger partial charge in [0.25, 0.3) is 0 Å². The molecule has 0 bridgehead atoms.